The van der Waals surface area contributed by atoms with Gasteiger partial charge in [0, 0.05) is 24.8 Å². The second kappa shape index (κ2) is 4.70. The lowest BCUT2D eigenvalue weighted by molar-refractivity contribution is -0.123. The van der Waals surface area contributed by atoms with E-state index >= 15 is 0 Å². The minimum absolute atomic E-state index is 0.187. The molecule has 1 aliphatic carbocycles. The Morgan fingerprint density at radius 3 is 2.75 bits per heavy atom. The summed E-state index contributed by atoms with van der Waals surface area (Å²) in [5, 5.41) is 0. The third-order valence-corrected chi connectivity index (χ3v) is 4.44. The molecular formula is C14H21N5O. The number of aromatic nitrogens is 2. The first-order valence-electron chi connectivity index (χ1n) is 7.14. The van der Waals surface area contributed by atoms with Gasteiger partial charge < -0.3 is 10.6 Å². The number of carbonyl (C=O) groups is 1. The molecule has 2 heterocycles. The van der Waals surface area contributed by atoms with Gasteiger partial charge in [0.05, 0.1) is 5.41 Å². The average molecular weight is 275 g/mol. The van der Waals surface area contributed by atoms with Crippen molar-refractivity contribution in [1.29, 1.82) is 0 Å². The second-order valence-corrected chi connectivity index (χ2v) is 6.01. The maximum atomic E-state index is 12.9. The molecule has 1 aromatic rings. The second-order valence-electron chi connectivity index (χ2n) is 6.01. The Bertz CT molecular complexity index is 536. The van der Waals surface area contributed by atoms with E-state index in [-0.39, 0.29) is 17.3 Å². The van der Waals surface area contributed by atoms with E-state index in [2.05, 4.69) is 14.9 Å². The first-order valence-corrected chi connectivity index (χ1v) is 7.14. The van der Waals surface area contributed by atoms with E-state index in [0.717, 1.165) is 43.6 Å². The fraction of sp³-hybridized carbons (Fsp3) is 0.643. The van der Waals surface area contributed by atoms with Gasteiger partial charge in [-0.3, -0.25) is 9.69 Å². The van der Waals surface area contributed by atoms with Crippen LogP contribution in [-0.4, -0.2) is 48.0 Å². The molecule has 0 atom stereocenters. The van der Waals surface area contributed by atoms with Crippen molar-refractivity contribution in [3.8, 4) is 0 Å². The highest BCUT2D eigenvalue weighted by molar-refractivity contribution is 6.07. The largest absolute Gasteiger partial charge is 0.368 e. The van der Waals surface area contributed by atoms with Crippen LogP contribution < -0.4 is 10.6 Å². The Balaban J connectivity index is 2.01. The van der Waals surface area contributed by atoms with Crippen molar-refractivity contribution in [3.63, 3.8) is 0 Å². The summed E-state index contributed by atoms with van der Waals surface area (Å²) in [5.74, 6) is 1.15. The zero-order chi connectivity index (χ0) is 14.3. The van der Waals surface area contributed by atoms with Crippen molar-refractivity contribution >= 4 is 17.7 Å². The number of carbonyl (C=O) groups excluding carboxylic acids is 1. The highest BCUT2D eigenvalue weighted by Gasteiger charge is 2.53. The standard InChI is InChI=1S/C14H21N5O/c1-18(2)7-8-19-11-10(9-16-13(15)17-11)14(12(19)20)5-3-4-6-14/h9H,3-8H2,1-2H3,(H2,15,16,17). The van der Waals surface area contributed by atoms with Gasteiger partial charge in [0.1, 0.15) is 5.82 Å². The minimum atomic E-state index is -0.380. The van der Waals surface area contributed by atoms with Crippen LogP contribution in [0, 0.1) is 0 Å². The summed E-state index contributed by atoms with van der Waals surface area (Å²) in [4.78, 5) is 25.2. The van der Waals surface area contributed by atoms with E-state index in [9.17, 15) is 4.79 Å². The van der Waals surface area contributed by atoms with Gasteiger partial charge in [-0.1, -0.05) is 12.8 Å². The molecule has 1 saturated carbocycles. The summed E-state index contributed by atoms with van der Waals surface area (Å²) < 4.78 is 0. The smallest absolute Gasteiger partial charge is 0.239 e. The molecule has 1 amide bonds. The normalized spacial score (nSPS) is 20.1. The zero-order valence-electron chi connectivity index (χ0n) is 12.1. The molecule has 6 nitrogen and oxygen atoms in total. The highest BCUT2D eigenvalue weighted by Crippen LogP contribution is 2.50. The van der Waals surface area contributed by atoms with E-state index in [1.807, 2.05) is 14.1 Å². The van der Waals surface area contributed by atoms with E-state index in [1.54, 1.807) is 11.1 Å². The molecule has 20 heavy (non-hydrogen) atoms. The zero-order valence-corrected chi connectivity index (χ0v) is 12.1. The van der Waals surface area contributed by atoms with Crippen LogP contribution >= 0.6 is 0 Å². The quantitative estimate of drug-likeness (QED) is 0.882. The molecule has 3 rings (SSSR count). The van der Waals surface area contributed by atoms with Crippen LogP contribution in [0.15, 0.2) is 6.20 Å². The van der Waals surface area contributed by atoms with Gasteiger partial charge in [-0.15, -0.1) is 0 Å². The summed E-state index contributed by atoms with van der Waals surface area (Å²) in [7, 11) is 4.00. The number of likely N-dealkylation sites (N-methyl/N-ethyl adjacent to an activating group) is 1. The van der Waals surface area contributed by atoms with Gasteiger partial charge in [0.2, 0.25) is 11.9 Å². The van der Waals surface area contributed by atoms with Crippen LogP contribution in [0.25, 0.3) is 0 Å². The summed E-state index contributed by atoms with van der Waals surface area (Å²) in [5.41, 5.74) is 6.31. The molecule has 0 unspecified atom stereocenters. The van der Waals surface area contributed by atoms with Crippen LogP contribution in [0.3, 0.4) is 0 Å². The number of amides is 1. The van der Waals surface area contributed by atoms with Crippen molar-refractivity contribution in [2.24, 2.45) is 0 Å². The maximum absolute atomic E-state index is 12.9. The first-order chi connectivity index (χ1) is 9.54. The number of rotatable bonds is 3. The van der Waals surface area contributed by atoms with Gasteiger partial charge in [-0.2, -0.15) is 4.98 Å². The van der Waals surface area contributed by atoms with Crippen LogP contribution in [0.5, 0.6) is 0 Å². The van der Waals surface area contributed by atoms with E-state index in [0.29, 0.717) is 6.54 Å². The molecule has 1 fully saturated rings. The van der Waals surface area contributed by atoms with Gasteiger partial charge in [0.15, 0.2) is 0 Å². The van der Waals surface area contributed by atoms with E-state index < -0.39 is 0 Å². The van der Waals surface area contributed by atoms with Gasteiger partial charge in [-0.05, 0) is 26.9 Å². The molecule has 2 aliphatic rings. The molecule has 108 valence electrons. The van der Waals surface area contributed by atoms with Crippen molar-refractivity contribution in [2.75, 3.05) is 37.8 Å². The lowest BCUT2D eigenvalue weighted by atomic mass is 9.81. The molecule has 6 heteroatoms. The van der Waals surface area contributed by atoms with Gasteiger partial charge in [0.25, 0.3) is 0 Å². The number of nitrogens with zero attached hydrogens (tertiary/aromatic N) is 4. The average Bonchev–Trinajstić information content (AvgIpc) is 2.96. The number of hydrogen-bond acceptors (Lipinski definition) is 5. The fourth-order valence-corrected chi connectivity index (χ4v) is 3.37. The molecule has 1 aromatic heterocycles. The molecule has 0 aromatic carbocycles. The number of anilines is 2. The monoisotopic (exact) mass is 275 g/mol. The third kappa shape index (κ3) is 1.86. The number of fused-ring (bicyclic) bond motifs is 2. The Morgan fingerprint density at radius 2 is 2.10 bits per heavy atom. The molecule has 0 saturated heterocycles. The third-order valence-electron chi connectivity index (χ3n) is 4.44. The first kappa shape index (κ1) is 13.3. The van der Waals surface area contributed by atoms with Crippen LogP contribution in [0.1, 0.15) is 31.2 Å². The summed E-state index contributed by atoms with van der Waals surface area (Å²) in [6.45, 7) is 1.46. The Kier molecular flexibility index (Phi) is 3.12. The minimum Gasteiger partial charge on any atom is -0.368 e. The lowest BCUT2D eigenvalue weighted by Crippen LogP contribution is -2.41. The van der Waals surface area contributed by atoms with Crippen molar-refractivity contribution in [2.45, 2.75) is 31.1 Å². The van der Waals surface area contributed by atoms with Crippen LogP contribution in [0.4, 0.5) is 11.8 Å². The van der Waals surface area contributed by atoms with Crippen LogP contribution in [-0.2, 0) is 10.2 Å². The predicted molar refractivity (Wildman–Crippen MR) is 77.5 cm³/mol. The molecular weight excluding hydrogens is 254 g/mol. The summed E-state index contributed by atoms with van der Waals surface area (Å²) in [6.07, 6.45) is 5.76. The Morgan fingerprint density at radius 1 is 1.40 bits per heavy atom. The topological polar surface area (TPSA) is 75.3 Å². The van der Waals surface area contributed by atoms with Crippen LogP contribution in [0.2, 0.25) is 0 Å². The highest BCUT2D eigenvalue weighted by atomic mass is 16.2. The summed E-state index contributed by atoms with van der Waals surface area (Å²) in [6, 6.07) is 0. The number of hydrogen-bond donors (Lipinski definition) is 1. The van der Waals surface area contributed by atoms with Crippen molar-refractivity contribution in [1.82, 2.24) is 14.9 Å². The number of nitrogens with two attached hydrogens (primary N) is 1. The van der Waals surface area contributed by atoms with E-state index in [4.69, 9.17) is 5.73 Å². The molecule has 0 radical (unpaired) electrons. The predicted octanol–water partition coefficient (Wildman–Crippen LogP) is 0.779. The molecule has 0 bridgehead atoms. The maximum Gasteiger partial charge on any atom is 0.239 e. The number of nitrogen functional groups attached to an aromatic ring is 1. The Labute approximate surface area is 119 Å². The Hall–Kier alpha value is -1.69. The molecule has 2 N–H and O–H groups in total. The fourth-order valence-electron chi connectivity index (χ4n) is 3.37. The van der Waals surface area contributed by atoms with Gasteiger partial charge >= 0.3 is 0 Å². The molecule has 1 aliphatic heterocycles. The van der Waals surface area contributed by atoms with E-state index in [1.165, 1.54) is 0 Å². The summed E-state index contributed by atoms with van der Waals surface area (Å²) >= 11 is 0. The van der Waals surface area contributed by atoms with Crippen molar-refractivity contribution in [3.05, 3.63) is 11.8 Å². The lowest BCUT2D eigenvalue weighted by Gasteiger charge is -2.23. The van der Waals surface area contributed by atoms with Gasteiger partial charge in [-0.25, -0.2) is 4.98 Å². The SMILES string of the molecule is CN(C)CCN1C(=O)C2(CCCC2)c2cnc(N)nc21. The molecule has 1 spiro atoms. The van der Waals surface area contributed by atoms with Crippen molar-refractivity contribution < 1.29 is 4.79 Å².